The third-order valence-corrected chi connectivity index (χ3v) is 6.33. The van der Waals surface area contributed by atoms with Gasteiger partial charge in [-0.05, 0) is 56.2 Å². The van der Waals surface area contributed by atoms with Crippen LogP contribution in [0.25, 0.3) is 0 Å². The number of benzene rings is 2. The highest BCUT2D eigenvalue weighted by Gasteiger charge is 2.41. The summed E-state index contributed by atoms with van der Waals surface area (Å²) in [6.45, 7) is 3.72. The molecule has 2 aromatic rings. The van der Waals surface area contributed by atoms with Crippen molar-refractivity contribution in [3.63, 3.8) is 0 Å². The van der Waals surface area contributed by atoms with Crippen LogP contribution in [0.4, 0.5) is 5.69 Å². The SMILES string of the molecule is CCOC(=O)/C(C#N)=C1\S[C@@H](Cc2cc(Cl)ccc2Cl)C(=O)N1c1ccc(C)cc1. The third-order valence-electron chi connectivity index (χ3n) is 4.46. The summed E-state index contributed by atoms with van der Waals surface area (Å²) in [5.74, 6) is -0.999. The van der Waals surface area contributed by atoms with Gasteiger partial charge in [0.25, 0.3) is 0 Å². The Kier molecular flexibility index (Phi) is 7.09. The number of thioether (sulfide) groups is 1. The molecule has 3 rings (SSSR count). The van der Waals surface area contributed by atoms with E-state index in [0.29, 0.717) is 22.2 Å². The molecular weight excluding hydrogens is 443 g/mol. The number of hydrogen-bond acceptors (Lipinski definition) is 5. The van der Waals surface area contributed by atoms with E-state index in [1.165, 1.54) is 4.90 Å². The quantitative estimate of drug-likeness (QED) is 0.344. The molecule has 1 aliphatic heterocycles. The highest BCUT2D eigenvalue weighted by Crippen LogP contribution is 2.42. The second kappa shape index (κ2) is 9.57. The molecule has 30 heavy (non-hydrogen) atoms. The lowest BCUT2D eigenvalue weighted by atomic mass is 10.1. The lowest BCUT2D eigenvalue weighted by Gasteiger charge is -2.18. The third kappa shape index (κ3) is 4.65. The Bertz CT molecular complexity index is 1060. The van der Waals surface area contributed by atoms with E-state index in [1.807, 2.05) is 25.1 Å². The van der Waals surface area contributed by atoms with Crippen LogP contribution in [-0.2, 0) is 20.7 Å². The number of ether oxygens (including phenoxy) is 1. The lowest BCUT2D eigenvalue weighted by molar-refractivity contribution is -0.138. The molecule has 1 amide bonds. The molecule has 0 aromatic heterocycles. The number of nitriles is 1. The van der Waals surface area contributed by atoms with Gasteiger partial charge in [-0.15, -0.1) is 0 Å². The molecule has 5 nitrogen and oxygen atoms in total. The molecule has 8 heteroatoms. The molecule has 1 saturated heterocycles. The van der Waals surface area contributed by atoms with Crippen molar-refractivity contribution in [2.24, 2.45) is 0 Å². The largest absolute Gasteiger partial charge is 0.462 e. The van der Waals surface area contributed by atoms with Crippen molar-refractivity contribution in [2.45, 2.75) is 25.5 Å². The normalized spacial score (nSPS) is 17.6. The molecule has 0 bridgehead atoms. The minimum Gasteiger partial charge on any atom is -0.462 e. The number of halogens is 2. The van der Waals surface area contributed by atoms with Crippen molar-refractivity contribution >= 4 is 52.5 Å². The van der Waals surface area contributed by atoms with Crippen molar-refractivity contribution < 1.29 is 14.3 Å². The Balaban J connectivity index is 2.06. The fourth-order valence-corrected chi connectivity index (χ4v) is 4.68. The van der Waals surface area contributed by atoms with E-state index in [2.05, 4.69) is 0 Å². The number of esters is 1. The molecule has 1 heterocycles. The van der Waals surface area contributed by atoms with Gasteiger partial charge < -0.3 is 4.74 Å². The first-order chi connectivity index (χ1) is 14.3. The van der Waals surface area contributed by atoms with Crippen LogP contribution in [0.3, 0.4) is 0 Å². The van der Waals surface area contributed by atoms with Crippen LogP contribution in [0.2, 0.25) is 10.0 Å². The molecule has 2 aromatic carbocycles. The van der Waals surface area contributed by atoms with Crippen molar-refractivity contribution in [3.8, 4) is 6.07 Å². The molecule has 0 spiro atoms. The van der Waals surface area contributed by atoms with Crippen molar-refractivity contribution in [2.75, 3.05) is 11.5 Å². The van der Waals surface area contributed by atoms with Crippen LogP contribution < -0.4 is 4.90 Å². The van der Waals surface area contributed by atoms with Gasteiger partial charge in [0.2, 0.25) is 5.91 Å². The second-order valence-electron chi connectivity index (χ2n) is 6.57. The zero-order valence-electron chi connectivity index (χ0n) is 16.3. The van der Waals surface area contributed by atoms with E-state index in [-0.39, 0.29) is 23.1 Å². The molecule has 1 aliphatic rings. The first-order valence-electron chi connectivity index (χ1n) is 9.18. The maximum atomic E-state index is 13.3. The molecule has 1 fully saturated rings. The average molecular weight is 461 g/mol. The van der Waals surface area contributed by atoms with Gasteiger partial charge in [-0.25, -0.2) is 4.79 Å². The van der Waals surface area contributed by atoms with Gasteiger partial charge in [-0.2, -0.15) is 5.26 Å². The number of carbonyl (C=O) groups excluding carboxylic acids is 2. The predicted octanol–water partition coefficient (Wildman–Crippen LogP) is 5.29. The predicted molar refractivity (Wildman–Crippen MR) is 119 cm³/mol. The zero-order valence-corrected chi connectivity index (χ0v) is 18.6. The smallest absolute Gasteiger partial charge is 0.351 e. The van der Waals surface area contributed by atoms with Crippen LogP contribution in [0.15, 0.2) is 53.1 Å². The maximum absolute atomic E-state index is 13.3. The van der Waals surface area contributed by atoms with E-state index in [0.717, 1.165) is 22.9 Å². The lowest BCUT2D eigenvalue weighted by Crippen LogP contribution is -2.30. The summed E-state index contributed by atoms with van der Waals surface area (Å²) in [5, 5.41) is 10.3. The molecule has 0 unspecified atom stereocenters. The Morgan fingerprint density at radius 2 is 1.93 bits per heavy atom. The molecule has 0 aliphatic carbocycles. The monoisotopic (exact) mass is 460 g/mol. The summed E-state index contributed by atoms with van der Waals surface area (Å²) < 4.78 is 5.03. The summed E-state index contributed by atoms with van der Waals surface area (Å²) in [5.41, 5.74) is 2.12. The maximum Gasteiger partial charge on any atom is 0.351 e. The van der Waals surface area contributed by atoms with Crippen molar-refractivity contribution in [3.05, 3.63) is 74.2 Å². The van der Waals surface area contributed by atoms with Gasteiger partial charge in [0, 0.05) is 15.7 Å². The number of amides is 1. The Hall–Kier alpha value is -2.46. The Labute approximate surface area is 189 Å². The molecular formula is C22H18Cl2N2O3S. The molecule has 0 radical (unpaired) electrons. The average Bonchev–Trinajstić information content (AvgIpc) is 3.02. The number of hydrogen-bond donors (Lipinski definition) is 0. The first kappa shape index (κ1) is 22.2. The van der Waals surface area contributed by atoms with Crippen LogP contribution in [0.5, 0.6) is 0 Å². The van der Waals surface area contributed by atoms with Crippen molar-refractivity contribution in [1.29, 1.82) is 5.26 Å². The topological polar surface area (TPSA) is 70.4 Å². The number of nitrogens with zero attached hydrogens (tertiary/aromatic N) is 2. The Morgan fingerprint density at radius 3 is 2.57 bits per heavy atom. The fraction of sp³-hybridized carbons (Fsp3) is 0.227. The van der Waals surface area contributed by atoms with E-state index < -0.39 is 11.2 Å². The van der Waals surface area contributed by atoms with Crippen LogP contribution >= 0.6 is 35.0 Å². The summed E-state index contributed by atoms with van der Waals surface area (Å²) in [6.07, 6.45) is 0.302. The van der Waals surface area contributed by atoms with Crippen LogP contribution in [0.1, 0.15) is 18.1 Å². The fourth-order valence-electron chi connectivity index (χ4n) is 3.00. The van der Waals surface area contributed by atoms with Crippen molar-refractivity contribution in [1.82, 2.24) is 0 Å². The Morgan fingerprint density at radius 1 is 1.23 bits per heavy atom. The standard InChI is InChI=1S/C22H18Cl2N2O3S/c1-3-29-22(28)17(12-25)21-26(16-7-4-13(2)5-8-16)20(27)19(30-21)11-14-10-15(23)6-9-18(14)24/h4-10,19H,3,11H2,1-2H3/b21-17-/t19-/m0/s1. The highest BCUT2D eigenvalue weighted by molar-refractivity contribution is 8.05. The van der Waals surface area contributed by atoms with Gasteiger partial charge in [-0.1, -0.05) is 52.7 Å². The number of carbonyl (C=O) groups is 2. The van der Waals surface area contributed by atoms with Gasteiger partial charge in [-0.3, -0.25) is 9.69 Å². The van der Waals surface area contributed by atoms with E-state index in [1.54, 1.807) is 37.3 Å². The summed E-state index contributed by atoms with van der Waals surface area (Å²) in [6, 6.07) is 14.3. The first-order valence-corrected chi connectivity index (χ1v) is 10.8. The molecule has 0 N–H and O–H groups in total. The van der Waals surface area contributed by atoms with Gasteiger partial charge >= 0.3 is 5.97 Å². The van der Waals surface area contributed by atoms with Gasteiger partial charge in [0.1, 0.15) is 11.1 Å². The summed E-state index contributed by atoms with van der Waals surface area (Å²) >= 11 is 13.5. The number of anilines is 1. The number of aryl methyl sites for hydroxylation is 1. The van der Waals surface area contributed by atoms with E-state index in [9.17, 15) is 14.9 Å². The van der Waals surface area contributed by atoms with E-state index in [4.69, 9.17) is 27.9 Å². The molecule has 154 valence electrons. The summed E-state index contributed by atoms with van der Waals surface area (Å²) in [7, 11) is 0. The van der Waals surface area contributed by atoms with E-state index >= 15 is 0 Å². The summed E-state index contributed by atoms with van der Waals surface area (Å²) in [4.78, 5) is 27.1. The number of rotatable bonds is 5. The highest BCUT2D eigenvalue weighted by atomic mass is 35.5. The van der Waals surface area contributed by atoms with Gasteiger partial charge in [0.05, 0.1) is 11.9 Å². The second-order valence-corrected chi connectivity index (χ2v) is 8.60. The molecule has 1 atom stereocenters. The van der Waals surface area contributed by atoms with Gasteiger partial charge in [0.15, 0.2) is 5.57 Å². The molecule has 0 saturated carbocycles. The minimum absolute atomic E-state index is 0.127. The van der Waals surface area contributed by atoms with Crippen LogP contribution in [0, 0.1) is 18.3 Å². The zero-order chi connectivity index (χ0) is 21.8. The minimum atomic E-state index is -0.756. The van der Waals surface area contributed by atoms with Crippen LogP contribution in [-0.4, -0.2) is 23.7 Å².